The summed E-state index contributed by atoms with van der Waals surface area (Å²) in [4.78, 5) is 44.8. The van der Waals surface area contributed by atoms with Crippen LogP contribution in [-0.4, -0.2) is 77.8 Å². The number of nitrogens with one attached hydrogen (secondary N) is 2. The zero-order chi connectivity index (χ0) is 36.4. The number of carbonyl (C=O) groups excluding carboxylic acids is 3. The van der Waals surface area contributed by atoms with E-state index in [1.54, 1.807) is 35.9 Å². The summed E-state index contributed by atoms with van der Waals surface area (Å²) in [6.45, 7) is 7.17. The van der Waals surface area contributed by atoms with Crippen LogP contribution in [0.1, 0.15) is 45.6 Å². The van der Waals surface area contributed by atoms with E-state index in [2.05, 4.69) is 17.2 Å². The summed E-state index contributed by atoms with van der Waals surface area (Å²) < 4.78 is 61.7. The third-order valence-corrected chi connectivity index (χ3v) is 9.11. The van der Waals surface area contributed by atoms with Gasteiger partial charge in [0.25, 0.3) is 11.8 Å². The lowest BCUT2D eigenvalue weighted by Crippen LogP contribution is -2.55. The van der Waals surface area contributed by atoms with Gasteiger partial charge in [0.15, 0.2) is 0 Å². The molecule has 51 heavy (non-hydrogen) atoms. The Hall–Kier alpha value is -5.34. The summed E-state index contributed by atoms with van der Waals surface area (Å²) in [5, 5.41) is 10.5. The van der Waals surface area contributed by atoms with Gasteiger partial charge in [-0.1, -0.05) is 43.0 Å². The van der Waals surface area contributed by atoms with Gasteiger partial charge in [-0.25, -0.2) is 9.07 Å². The summed E-state index contributed by atoms with van der Waals surface area (Å²) in [6.07, 6.45) is -4.70. The summed E-state index contributed by atoms with van der Waals surface area (Å²) >= 11 is 0. The molecule has 0 spiro atoms. The van der Waals surface area contributed by atoms with E-state index in [1.807, 2.05) is 18.0 Å². The number of aromatic nitrogens is 2. The quantitative estimate of drug-likeness (QED) is 0.171. The van der Waals surface area contributed by atoms with Gasteiger partial charge < -0.3 is 15.4 Å². The number of carbonyl (C=O) groups is 3. The Morgan fingerprint density at radius 3 is 2.37 bits per heavy atom. The van der Waals surface area contributed by atoms with Crippen molar-refractivity contribution >= 4 is 23.5 Å². The summed E-state index contributed by atoms with van der Waals surface area (Å²) in [5.41, 5.74) is 0.862. The van der Waals surface area contributed by atoms with Gasteiger partial charge in [-0.3, -0.25) is 24.2 Å². The Bertz CT molecular complexity index is 1940. The van der Waals surface area contributed by atoms with Crippen LogP contribution in [0.4, 0.5) is 23.4 Å². The average molecular weight is 705 g/mol. The molecule has 0 unspecified atom stereocenters. The molecule has 266 valence electrons. The fraction of sp³-hybridized carbons (Fsp3) is 0.297. The van der Waals surface area contributed by atoms with Crippen LogP contribution in [0.25, 0.3) is 5.69 Å². The van der Waals surface area contributed by atoms with Gasteiger partial charge in [-0.15, -0.1) is 0 Å². The Balaban J connectivity index is 1.43. The van der Waals surface area contributed by atoms with Crippen LogP contribution in [0.15, 0.2) is 91.0 Å². The number of ether oxygens (including phenoxy) is 1. The highest BCUT2D eigenvalue weighted by Crippen LogP contribution is 2.44. The summed E-state index contributed by atoms with van der Waals surface area (Å²) in [5.74, 6) is -3.02. The minimum Gasteiger partial charge on any atom is -0.378 e. The third kappa shape index (κ3) is 7.28. The SMILES string of the molecule is C=C(CN(C)C1COC1)C(=O)NCc1nn(-c2ccccc2)c2c1[C@@H](c1ccc(F)cc1)[C@H](NC(=O)c1cccc(C(F)(F)F)c1)C(=O)N2CC. The number of benzene rings is 3. The van der Waals surface area contributed by atoms with Crippen molar-refractivity contribution in [2.24, 2.45) is 0 Å². The molecular weight excluding hydrogens is 668 g/mol. The fourth-order valence-corrected chi connectivity index (χ4v) is 6.31. The van der Waals surface area contributed by atoms with Crippen LogP contribution in [0.3, 0.4) is 0 Å². The maximum absolute atomic E-state index is 14.4. The van der Waals surface area contributed by atoms with E-state index in [1.165, 1.54) is 35.2 Å². The molecule has 2 N–H and O–H groups in total. The van der Waals surface area contributed by atoms with Crippen LogP contribution >= 0.6 is 0 Å². The molecule has 1 aromatic heterocycles. The minimum atomic E-state index is -4.70. The molecule has 2 aliphatic rings. The Labute approximate surface area is 291 Å². The van der Waals surface area contributed by atoms with E-state index in [0.717, 1.165) is 18.2 Å². The first-order chi connectivity index (χ1) is 24.4. The molecule has 3 aromatic carbocycles. The number of hydrogen-bond donors (Lipinski definition) is 2. The number of halogens is 4. The topological polar surface area (TPSA) is 109 Å². The number of rotatable bonds is 11. The molecule has 0 radical (unpaired) electrons. The molecule has 1 saturated heterocycles. The molecule has 3 amide bonds. The predicted molar refractivity (Wildman–Crippen MR) is 181 cm³/mol. The third-order valence-electron chi connectivity index (χ3n) is 9.11. The van der Waals surface area contributed by atoms with Gasteiger partial charge in [0.1, 0.15) is 17.7 Å². The summed E-state index contributed by atoms with van der Waals surface area (Å²) in [6, 6.07) is 17.1. The second-order valence-electron chi connectivity index (χ2n) is 12.5. The second kappa shape index (κ2) is 14.5. The molecule has 0 aliphatic carbocycles. The second-order valence-corrected chi connectivity index (χ2v) is 12.5. The van der Waals surface area contributed by atoms with Crippen molar-refractivity contribution in [2.45, 2.75) is 37.6 Å². The van der Waals surface area contributed by atoms with E-state index in [-0.39, 0.29) is 24.7 Å². The highest BCUT2D eigenvalue weighted by Gasteiger charge is 2.46. The molecule has 4 aromatic rings. The van der Waals surface area contributed by atoms with Crippen molar-refractivity contribution in [1.82, 2.24) is 25.3 Å². The van der Waals surface area contributed by atoms with Gasteiger partial charge in [0, 0.05) is 35.7 Å². The molecule has 3 heterocycles. The number of alkyl halides is 3. The number of amides is 3. The number of anilines is 1. The van der Waals surface area contributed by atoms with E-state index in [0.29, 0.717) is 53.7 Å². The van der Waals surface area contributed by atoms with Crippen molar-refractivity contribution in [3.05, 3.63) is 125 Å². The van der Waals surface area contributed by atoms with E-state index >= 15 is 0 Å². The summed E-state index contributed by atoms with van der Waals surface area (Å²) in [7, 11) is 1.88. The molecule has 0 bridgehead atoms. The molecule has 2 aliphatic heterocycles. The van der Waals surface area contributed by atoms with Crippen molar-refractivity contribution in [2.75, 3.05) is 38.3 Å². The number of likely N-dealkylation sites (N-methyl/N-ethyl adjacent to an activating group) is 2. The van der Waals surface area contributed by atoms with Gasteiger partial charge >= 0.3 is 6.18 Å². The highest BCUT2D eigenvalue weighted by atomic mass is 19.4. The lowest BCUT2D eigenvalue weighted by atomic mass is 9.80. The maximum Gasteiger partial charge on any atom is 0.416 e. The fourth-order valence-electron chi connectivity index (χ4n) is 6.31. The predicted octanol–water partition coefficient (Wildman–Crippen LogP) is 4.83. The number of nitrogens with zero attached hydrogens (tertiary/aromatic N) is 4. The maximum atomic E-state index is 14.4. The van der Waals surface area contributed by atoms with E-state index in [4.69, 9.17) is 9.84 Å². The van der Waals surface area contributed by atoms with Gasteiger partial charge in [-0.05, 0) is 62.0 Å². The first-order valence-corrected chi connectivity index (χ1v) is 16.3. The number of fused-ring (bicyclic) bond motifs is 1. The first-order valence-electron chi connectivity index (χ1n) is 16.3. The van der Waals surface area contributed by atoms with E-state index in [9.17, 15) is 31.9 Å². The van der Waals surface area contributed by atoms with Crippen LogP contribution in [0.5, 0.6) is 0 Å². The first kappa shape index (κ1) is 35.5. The standard InChI is InChI=1S/C37H36F4N6O4/c1-4-46-35-31(29(44-47(35)27-11-6-5-7-12-27)18-42-33(48)22(2)19-45(3)28-20-51-21-28)30(23-13-15-26(38)16-14-23)32(36(46)50)43-34(49)24-9-8-10-25(17-24)37(39,40)41/h5-17,28,30,32H,2,4,18-21H2,1,3H3,(H,42,48)(H,43,49)/t30-,32+/m1/s1. The molecule has 1 fully saturated rings. The van der Waals surface area contributed by atoms with Crippen LogP contribution in [-0.2, 0) is 27.0 Å². The largest absolute Gasteiger partial charge is 0.416 e. The minimum absolute atomic E-state index is 0.103. The molecule has 10 nitrogen and oxygen atoms in total. The number of hydrogen-bond acceptors (Lipinski definition) is 6. The molecule has 6 rings (SSSR count). The van der Waals surface area contributed by atoms with Gasteiger partial charge in [-0.2, -0.15) is 18.3 Å². The van der Waals surface area contributed by atoms with E-state index < -0.39 is 47.2 Å². The van der Waals surface area contributed by atoms with Gasteiger partial charge in [0.2, 0.25) is 5.91 Å². The highest BCUT2D eigenvalue weighted by molar-refractivity contribution is 6.05. The molecule has 2 atom stereocenters. The van der Waals surface area contributed by atoms with Crippen molar-refractivity contribution in [3.8, 4) is 5.69 Å². The average Bonchev–Trinajstić information content (AvgIpc) is 3.46. The van der Waals surface area contributed by atoms with Crippen LogP contribution in [0.2, 0.25) is 0 Å². The number of para-hydroxylation sites is 1. The van der Waals surface area contributed by atoms with Crippen molar-refractivity contribution < 1.29 is 36.7 Å². The lowest BCUT2D eigenvalue weighted by molar-refractivity contribution is -0.137. The van der Waals surface area contributed by atoms with Crippen molar-refractivity contribution in [3.63, 3.8) is 0 Å². The monoisotopic (exact) mass is 704 g/mol. The zero-order valence-corrected chi connectivity index (χ0v) is 27.9. The van der Waals surface area contributed by atoms with Crippen molar-refractivity contribution in [1.29, 1.82) is 0 Å². The molecule has 14 heteroatoms. The Morgan fingerprint density at radius 2 is 1.75 bits per heavy atom. The van der Waals surface area contributed by atoms with Crippen LogP contribution in [0, 0.1) is 5.82 Å². The molecule has 0 saturated carbocycles. The van der Waals surface area contributed by atoms with Gasteiger partial charge in [0.05, 0.1) is 42.7 Å². The Kier molecular flexibility index (Phi) is 10.1. The zero-order valence-electron chi connectivity index (χ0n) is 27.9. The van der Waals surface area contributed by atoms with Crippen LogP contribution < -0.4 is 15.5 Å². The molecular formula is C37H36F4N6O4. The Morgan fingerprint density at radius 1 is 1.04 bits per heavy atom. The lowest BCUT2D eigenvalue weighted by Gasteiger charge is -2.38. The smallest absolute Gasteiger partial charge is 0.378 e. The normalized spacial score (nSPS) is 17.5.